The molecule has 0 unspecified atom stereocenters. The minimum Gasteiger partial charge on any atom is -1.00 e. The predicted molar refractivity (Wildman–Crippen MR) is 97.4 cm³/mol. The summed E-state index contributed by atoms with van der Waals surface area (Å²) in [6.07, 6.45) is 0. The van der Waals surface area contributed by atoms with E-state index in [0.29, 0.717) is 0 Å². The number of aryl methyl sites for hydroxylation is 4. The summed E-state index contributed by atoms with van der Waals surface area (Å²) in [7, 11) is 0. The Morgan fingerprint density at radius 1 is 0.600 bits per heavy atom. The maximum absolute atomic E-state index is 4.80. The molecular weight excluding hydrogens is 398 g/mol. The zero-order valence-electron chi connectivity index (χ0n) is 15.4. The zero-order chi connectivity index (χ0) is 16.3. The number of nitrogens with zero attached hydrogens (tertiary/aromatic N) is 2. The van der Waals surface area contributed by atoms with Gasteiger partial charge in [-0.25, -0.2) is 0 Å². The molecular formula is C20H24Cl2N2Ni. The number of hydrogen-bond donors (Lipinski definition) is 0. The van der Waals surface area contributed by atoms with Gasteiger partial charge < -0.3 is 24.8 Å². The predicted octanol–water partition coefficient (Wildman–Crippen LogP) is -0.189. The molecule has 2 aromatic rings. The van der Waals surface area contributed by atoms with Crippen LogP contribution in [0.2, 0.25) is 0 Å². The van der Waals surface area contributed by atoms with Gasteiger partial charge in [-0.15, -0.1) is 0 Å². The monoisotopic (exact) mass is 420 g/mol. The van der Waals surface area contributed by atoms with E-state index in [-0.39, 0.29) is 41.3 Å². The Morgan fingerprint density at radius 2 is 0.840 bits per heavy atom. The Labute approximate surface area is 174 Å². The van der Waals surface area contributed by atoms with Crippen molar-refractivity contribution in [3.63, 3.8) is 0 Å². The van der Waals surface area contributed by atoms with Crippen molar-refractivity contribution in [2.75, 3.05) is 0 Å². The van der Waals surface area contributed by atoms with Crippen molar-refractivity contribution >= 4 is 22.8 Å². The smallest absolute Gasteiger partial charge is 1.00 e. The molecule has 0 saturated heterocycles. The summed E-state index contributed by atoms with van der Waals surface area (Å²) in [5.41, 5.74) is 8.80. The van der Waals surface area contributed by atoms with E-state index in [2.05, 4.69) is 64.1 Å². The molecule has 0 spiro atoms. The van der Waals surface area contributed by atoms with E-state index < -0.39 is 0 Å². The van der Waals surface area contributed by atoms with E-state index in [1.165, 1.54) is 22.3 Å². The first-order valence-corrected chi connectivity index (χ1v) is 7.63. The topological polar surface area (TPSA) is 24.7 Å². The van der Waals surface area contributed by atoms with Crippen LogP contribution in [0.25, 0.3) is 0 Å². The van der Waals surface area contributed by atoms with Gasteiger partial charge >= 0.3 is 16.5 Å². The molecule has 0 aromatic heterocycles. The largest absolute Gasteiger partial charge is 2.00 e. The van der Waals surface area contributed by atoms with Crippen LogP contribution in [0.5, 0.6) is 0 Å². The van der Waals surface area contributed by atoms with Gasteiger partial charge in [0.25, 0.3) is 0 Å². The minimum atomic E-state index is 0. The number of para-hydroxylation sites is 2. The van der Waals surface area contributed by atoms with Gasteiger partial charge in [0.2, 0.25) is 0 Å². The van der Waals surface area contributed by atoms with Crippen molar-refractivity contribution in [2.45, 2.75) is 41.5 Å². The standard InChI is InChI=1S/C20H24N2.2ClH.Ni/c1-13-9-7-10-14(2)19(13)21-17(5)18(6)22-20-15(3)11-8-12-16(20)4;;;/h7-12H,1-6H3;2*1H;/q;;;+2/p-2/b21-17-,22-18-;;;. The second kappa shape index (κ2) is 11.5. The summed E-state index contributed by atoms with van der Waals surface area (Å²) >= 11 is 0. The molecule has 138 valence electrons. The van der Waals surface area contributed by atoms with Crippen molar-refractivity contribution in [3.05, 3.63) is 58.7 Å². The van der Waals surface area contributed by atoms with E-state index in [1.54, 1.807) is 0 Å². The van der Waals surface area contributed by atoms with Gasteiger partial charge in [0, 0.05) is 0 Å². The Morgan fingerprint density at radius 3 is 1.08 bits per heavy atom. The quantitative estimate of drug-likeness (QED) is 0.485. The molecule has 0 aliphatic heterocycles. The molecule has 0 amide bonds. The fourth-order valence-electron chi connectivity index (χ4n) is 2.46. The van der Waals surface area contributed by atoms with Crippen molar-refractivity contribution in [3.8, 4) is 0 Å². The molecule has 5 heteroatoms. The van der Waals surface area contributed by atoms with E-state index >= 15 is 0 Å². The summed E-state index contributed by atoms with van der Waals surface area (Å²) in [5.74, 6) is 0. The van der Waals surface area contributed by atoms with Gasteiger partial charge in [-0.2, -0.15) is 0 Å². The SMILES string of the molecule is CC(=N/c1c(C)cccc1C)/C(C)=N\c1c(C)cccc1C.[Cl-].[Cl-].[Ni+2]. The van der Waals surface area contributed by atoms with Gasteiger partial charge in [-0.1, -0.05) is 36.4 Å². The van der Waals surface area contributed by atoms with Crippen LogP contribution in [0.1, 0.15) is 36.1 Å². The molecule has 0 atom stereocenters. The maximum atomic E-state index is 4.80. The molecule has 0 aliphatic rings. The number of rotatable bonds is 3. The third kappa shape index (κ3) is 6.58. The number of aliphatic imine (C=N–C) groups is 2. The minimum absolute atomic E-state index is 0. The van der Waals surface area contributed by atoms with E-state index in [1.807, 2.05) is 13.8 Å². The third-order valence-corrected chi connectivity index (χ3v) is 3.96. The molecule has 2 nitrogen and oxygen atoms in total. The Balaban J connectivity index is 0. The fraction of sp³-hybridized carbons (Fsp3) is 0.300. The summed E-state index contributed by atoms with van der Waals surface area (Å²) in [4.78, 5) is 9.60. The van der Waals surface area contributed by atoms with Crippen molar-refractivity contribution in [2.24, 2.45) is 9.98 Å². The summed E-state index contributed by atoms with van der Waals surface area (Å²) < 4.78 is 0. The first-order valence-electron chi connectivity index (χ1n) is 7.63. The number of hydrogen-bond acceptors (Lipinski definition) is 2. The van der Waals surface area contributed by atoms with Gasteiger partial charge in [-0.3, -0.25) is 9.98 Å². The Hall–Kier alpha value is -1.15. The molecule has 0 saturated carbocycles. The molecule has 0 heterocycles. The van der Waals surface area contributed by atoms with Crippen LogP contribution < -0.4 is 24.8 Å². The second-order valence-electron chi connectivity index (χ2n) is 5.88. The molecule has 0 bridgehead atoms. The number of benzene rings is 2. The fourth-order valence-corrected chi connectivity index (χ4v) is 2.46. The van der Waals surface area contributed by atoms with Crippen LogP contribution in [-0.2, 0) is 16.5 Å². The average Bonchev–Trinajstić information content (AvgIpc) is 2.46. The Kier molecular flexibility index (Phi) is 12.0. The van der Waals surface area contributed by atoms with Crippen molar-refractivity contribution in [1.29, 1.82) is 0 Å². The molecule has 0 aliphatic carbocycles. The normalized spacial score (nSPS) is 11.1. The van der Waals surface area contributed by atoms with Crippen LogP contribution in [-0.4, -0.2) is 11.4 Å². The first kappa shape index (κ1) is 26.1. The first-order chi connectivity index (χ1) is 10.4. The number of halogens is 2. The van der Waals surface area contributed by atoms with E-state index in [4.69, 9.17) is 9.98 Å². The van der Waals surface area contributed by atoms with Gasteiger partial charge in [-0.05, 0) is 63.8 Å². The van der Waals surface area contributed by atoms with Crippen molar-refractivity contribution < 1.29 is 41.3 Å². The van der Waals surface area contributed by atoms with Crippen LogP contribution >= 0.6 is 0 Å². The summed E-state index contributed by atoms with van der Waals surface area (Å²) in [6, 6.07) is 12.5. The van der Waals surface area contributed by atoms with Crippen LogP contribution in [0, 0.1) is 27.7 Å². The molecule has 2 aromatic carbocycles. The molecule has 0 radical (unpaired) electrons. The maximum Gasteiger partial charge on any atom is 2.00 e. The van der Waals surface area contributed by atoms with E-state index in [9.17, 15) is 0 Å². The summed E-state index contributed by atoms with van der Waals surface area (Å²) in [5, 5.41) is 0. The van der Waals surface area contributed by atoms with Gasteiger partial charge in [0.1, 0.15) is 0 Å². The second-order valence-corrected chi connectivity index (χ2v) is 5.88. The molecule has 25 heavy (non-hydrogen) atoms. The zero-order valence-corrected chi connectivity index (χ0v) is 17.9. The van der Waals surface area contributed by atoms with Gasteiger partial charge in [0.15, 0.2) is 0 Å². The van der Waals surface area contributed by atoms with Crippen LogP contribution in [0.3, 0.4) is 0 Å². The Bertz CT molecular complexity index is 662. The molecule has 0 fully saturated rings. The van der Waals surface area contributed by atoms with Crippen LogP contribution in [0.15, 0.2) is 46.4 Å². The molecule has 2 rings (SSSR count). The summed E-state index contributed by atoms with van der Waals surface area (Å²) in [6.45, 7) is 12.4. The third-order valence-electron chi connectivity index (χ3n) is 3.96. The average molecular weight is 422 g/mol. The van der Waals surface area contributed by atoms with Gasteiger partial charge in [0.05, 0.1) is 22.8 Å². The van der Waals surface area contributed by atoms with Crippen molar-refractivity contribution in [1.82, 2.24) is 0 Å². The molecule has 0 N–H and O–H groups in total. The van der Waals surface area contributed by atoms with E-state index in [0.717, 1.165) is 22.8 Å². The van der Waals surface area contributed by atoms with Crippen LogP contribution in [0.4, 0.5) is 11.4 Å².